The lowest BCUT2D eigenvalue weighted by Gasteiger charge is -2.34. The lowest BCUT2D eigenvalue weighted by atomic mass is 10.1. The van der Waals surface area contributed by atoms with Crippen LogP contribution in [0.2, 0.25) is 0 Å². The molecule has 1 aliphatic heterocycles. The number of hydrogen-bond donors (Lipinski definition) is 1. The number of thiazole rings is 1. The van der Waals surface area contributed by atoms with Crippen molar-refractivity contribution in [3.63, 3.8) is 0 Å². The van der Waals surface area contributed by atoms with Gasteiger partial charge in [-0.05, 0) is 19.2 Å². The Morgan fingerprint density at radius 1 is 1.30 bits per heavy atom. The van der Waals surface area contributed by atoms with Crippen LogP contribution in [0.15, 0.2) is 24.3 Å². The van der Waals surface area contributed by atoms with Crippen molar-refractivity contribution in [2.24, 2.45) is 0 Å². The van der Waals surface area contributed by atoms with Crippen molar-refractivity contribution in [1.29, 1.82) is 0 Å². The highest BCUT2D eigenvalue weighted by molar-refractivity contribution is 8.07. The monoisotopic (exact) mass is 324 g/mol. The maximum atomic E-state index is 4.78. The zero-order valence-corrected chi connectivity index (χ0v) is 14.3. The van der Waals surface area contributed by atoms with Gasteiger partial charge in [0.05, 0.1) is 15.2 Å². The lowest BCUT2D eigenvalue weighted by Crippen LogP contribution is -2.44. The smallest absolute Gasteiger partial charge is 0.0954 e. The lowest BCUT2D eigenvalue weighted by molar-refractivity contribution is 0.530. The van der Waals surface area contributed by atoms with Crippen molar-refractivity contribution in [3.8, 4) is 0 Å². The minimum atomic E-state index is 0.517. The predicted molar refractivity (Wildman–Crippen MR) is 94.3 cm³/mol. The molecule has 3 rings (SSSR count). The van der Waals surface area contributed by atoms with Crippen molar-refractivity contribution in [3.05, 3.63) is 29.3 Å². The summed E-state index contributed by atoms with van der Waals surface area (Å²) in [4.78, 5) is 4.78. The molecule has 3 atom stereocenters. The molecule has 2 nitrogen and oxygen atoms in total. The third-order valence-corrected chi connectivity index (χ3v) is 8.05. The van der Waals surface area contributed by atoms with Crippen LogP contribution in [0.4, 0.5) is 0 Å². The molecular weight excluding hydrogens is 304 g/mol. The van der Waals surface area contributed by atoms with Crippen molar-refractivity contribution < 1.29 is 0 Å². The summed E-state index contributed by atoms with van der Waals surface area (Å²) in [5.41, 5.74) is 1.14. The number of fused-ring (bicyclic) bond motifs is 1. The first-order valence-electron chi connectivity index (χ1n) is 7.03. The van der Waals surface area contributed by atoms with Gasteiger partial charge in [-0.2, -0.15) is 23.5 Å². The molecule has 0 spiro atoms. The molecule has 2 heterocycles. The number of aromatic nitrogens is 1. The van der Waals surface area contributed by atoms with Gasteiger partial charge >= 0.3 is 0 Å². The topological polar surface area (TPSA) is 24.9 Å². The first-order chi connectivity index (χ1) is 9.78. The molecular formula is C15H20N2S3. The van der Waals surface area contributed by atoms with Gasteiger partial charge in [-0.3, -0.25) is 0 Å². The molecule has 2 aromatic rings. The highest BCUT2D eigenvalue weighted by Crippen LogP contribution is 2.34. The summed E-state index contributed by atoms with van der Waals surface area (Å²) in [6.07, 6.45) is 1.04. The van der Waals surface area contributed by atoms with Crippen LogP contribution >= 0.6 is 34.9 Å². The number of nitrogens with zero attached hydrogens (tertiary/aromatic N) is 1. The summed E-state index contributed by atoms with van der Waals surface area (Å²) in [7, 11) is 2.09. The Kier molecular flexibility index (Phi) is 4.91. The van der Waals surface area contributed by atoms with Gasteiger partial charge in [0.25, 0.3) is 0 Å². The highest BCUT2D eigenvalue weighted by Gasteiger charge is 2.30. The van der Waals surface area contributed by atoms with Crippen LogP contribution in [0, 0.1) is 0 Å². The van der Waals surface area contributed by atoms with Gasteiger partial charge in [-0.25, -0.2) is 4.98 Å². The van der Waals surface area contributed by atoms with Crippen molar-refractivity contribution in [2.45, 2.75) is 29.9 Å². The van der Waals surface area contributed by atoms with Gasteiger partial charge in [0.15, 0.2) is 0 Å². The molecule has 0 amide bonds. The zero-order chi connectivity index (χ0) is 13.9. The number of hydrogen-bond acceptors (Lipinski definition) is 5. The van der Waals surface area contributed by atoms with Gasteiger partial charge in [0.1, 0.15) is 0 Å². The van der Waals surface area contributed by atoms with Crippen LogP contribution in [-0.2, 0) is 6.42 Å². The van der Waals surface area contributed by atoms with Crippen LogP contribution in [0.1, 0.15) is 11.9 Å². The summed E-state index contributed by atoms with van der Waals surface area (Å²) < 4.78 is 1.30. The molecule has 3 unspecified atom stereocenters. The average Bonchev–Trinajstić information content (AvgIpc) is 2.88. The summed E-state index contributed by atoms with van der Waals surface area (Å²) in [5, 5.41) is 6.19. The summed E-state index contributed by atoms with van der Waals surface area (Å²) in [6.45, 7) is 2.37. The van der Waals surface area contributed by atoms with Crippen LogP contribution in [0.3, 0.4) is 0 Å². The summed E-state index contributed by atoms with van der Waals surface area (Å²) >= 11 is 6.07. The first-order valence-corrected chi connectivity index (χ1v) is 9.94. The van der Waals surface area contributed by atoms with E-state index in [-0.39, 0.29) is 0 Å². The van der Waals surface area contributed by atoms with E-state index in [1.165, 1.54) is 21.2 Å². The van der Waals surface area contributed by atoms with Crippen LogP contribution in [-0.4, -0.2) is 40.1 Å². The quantitative estimate of drug-likeness (QED) is 0.928. The van der Waals surface area contributed by atoms with E-state index in [1.54, 1.807) is 0 Å². The predicted octanol–water partition coefficient (Wildman–Crippen LogP) is 3.66. The van der Waals surface area contributed by atoms with E-state index >= 15 is 0 Å². The molecule has 1 fully saturated rings. The average molecular weight is 325 g/mol. The SMILES string of the molecule is CNC(Cc1nc2ccccc2s1)C1SCCSC1C. The van der Waals surface area contributed by atoms with Gasteiger partial charge in [-0.1, -0.05) is 19.1 Å². The van der Waals surface area contributed by atoms with Crippen LogP contribution in [0.5, 0.6) is 0 Å². The normalized spacial score (nSPS) is 24.9. The number of para-hydroxylation sites is 1. The Bertz CT molecular complexity index is 536. The van der Waals surface area contributed by atoms with E-state index in [4.69, 9.17) is 4.98 Å². The summed E-state index contributed by atoms with van der Waals surface area (Å²) in [5.74, 6) is 2.57. The fraction of sp³-hybridized carbons (Fsp3) is 0.533. The molecule has 20 heavy (non-hydrogen) atoms. The number of benzene rings is 1. The van der Waals surface area contributed by atoms with Gasteiger partial charge in [0.2, 0.25) is 0 Å². The van der Waals surface area contributed by atoms with Crippen molar-refractivity contribution >= 4 is 45.1 Å². The Hall–Kier alpha value is -0.230. The molecule has 1 aliphatic rings. The third-order valence-electron chi connectivity index (χ3n) is 3.74. The van der Waals surface area contributed by atoms with E-state index in [9.17, 15) is 0 Å². The van der Waals surface area contributed by atoms with E-state index in [0.717, 1.165) is 17.2 Å². The molecule has 0 radical (unpaired) electrons. The van der Waals surface area contributed by atoms with Gasteiger partial charge in [-0.15, -0.1) is 11.3 Å². The Morgan fingerprint density at radius 2 is 2.10 bits per heavy atom. The van der Waals surface area contributed by atoms with Gasteiger partial charge in [0, 0.05) is 34.5 Å². The largest absolute Gasteiger partial charge is 0.315 e. The molecule has 0 saturated carbocycles. The molecule has 1 saturated heterocycles. The molecule has 108 valence electrons. The molecule has 1 aromatic carbocycles. The fourth-order valence-corrected chi connectivity index (χ4v) is 6.70. The summed E-state index contributed by atoms with van der Waals surface area (Å²) in [6, 6.07) is 8.95. The van der Waals surface area contributed by atoms with Crippen LogP contribution in [0.25, 0.3) is 10.2 Å². The second-order valence-electron chi connectivity index (χ2n) is 5.09. The minimum Gasteiger partial charge on any atom is -0.315 e. The number of nitrogens with one attached hydrogen (secondary N) is 1. The van der Waals surface area contributed by atoms with Crippen molar-refractivity contribution in [1.82, 2.24) is 10.3 Å². The molecule has 0 bridgehead atoms. The number of likely N-dealkylation sites (N-methyl/N-ethyl adjacent to an activating group) is 1. The maximum absolute atomic E-state index is 4.78. The van der Waals surface area contributed by atoms with Crippen molar-refractivity contribution in [2.75, 3.05) is 18.6 Å². The Labute approximate surface area is 133 Å². The first kappa shape index (κ1) is 14.7. The Balaban J connectivity index is 1.76. The minimum absolute atomic E-state index is 0.517. The second kappa shape index (κ2) is 6.69. The van der Waals surface area contributed by atoms with E-state index in [1.807, 2.05) is 11.3 Å². The molecule has 1 aromatic heterocycles. The van der Waals surface area contributed by atoms with Gasteiger partial charge < -0.3 is 5.32 Å². The van der Waals surface area contributed by atoms with E-state index in [0.29, 0.717) is 11.3 Å². The molecule has 0 aliphatic carbocycles. The standard InChI is InChI=1S/C15H20N2S3/c1-10-15(19-8-7-18-10)12(16-2)9-14-17-11-5-3-4-6-13(11)20-14/h3-6,10,12,15-16H,7-9H2,1-2H3. The van der Waals surface area contributed by atoms with Crippen LogP contribution < -0.4 is 5.32 Å². The zero-order valence-electron chi connectivity index (χ0n) is 11.8. The van der Waals surface area contributed by atoms with E-state index < -0.39 is 0 Å². The molecule has 5 heteroatoms. The van der Waals surface area contributed by atoms with E-state index in [2.05, 4.69) is 67.1 Å². The number of thioether (sulfide) groups is 2. The number of rotatable bonds is 4. The maximum Gasteiger partial charge on any atom is 0.0954 e. The Morgan fingerprint density at radius 3 is 2.85 bits per heavy atom. The third kappa shape index (κ3) is 3.16. The fourth-order valence-electron chi connectivity index (χ4n) is 2.67. The molecule has 1 N–H and O–H groups in total. The second-order valence-corrected chi connectivity index (χ2v) is 8.97. The highest BCUT2D eigenvalue weighted by atomic mass is 32.2.